The molecule has 0 heterocycles. The fourth-order valence-electron chi connectivity index (χ4n) is 0.541. The van der Waals surface area contributed by atoms with Crippen LogP contribution in [0.5, 0.6) is 0 Å². The van der Waals surface area contributed by atoms with E-state index in [0.717, 1.165) is 0 Å². The fraction of sp³-hybridized carbons (Fsp3) is 0.667. The monoisotopic (exact) mass is 610 g/mol. The predicted molar refractivity (Wildman–Crippen MR) is 87.3 cm³/mol. The van der Waals surface area contributed by atoms with Crippen molar-refractivity contribution in [3.05, 3.63) is 0 Å². The first-order chi connectivity index (χ1) is 14.9. The van der Waals surface area contributed by atoms with Gasteiger partial charge in [-0.05, 0) is 0 Å². The van der Waals surface area contributed by atoms with Gasteiger partial charge in [0.25, 0.3) is 0 Å². The predicted octanol–water partition coefficient (Wildman–Crippen LogP) is -6.58. The Labute approximate surface area is 209 Å². The molecule has 12 N–H and O–H groups in total. The Morgan fingerprint density at radius 3 is 0.618 bits per heavy atom. The third-order valence-corrected chi connectivity index (χ3v) is 2.14. The van der Waals surface area contributed by atoms with Gasteiger partial charge in [-0.15, -0.1) is 0 Å². The van der Waals surface area contributed by atoms with Crippen LogP contribution in [0.15, 0.2) is 0 Å². The zero-order valence-electron chi connectivity index (χ0n) is 16.4. The average molecular weight is 611 g/mol. The molecule has 0 fully saturated rings. The molecule has 0 saturated heterocycles. The second-order valence-electron chi connectivity index (χ2n) is 4.43. The maximum absolute atomic E-state index is 9.86. The van der Waals surface area contributed by atoms with Crippen LogP contribution in [-0.2, 0) is 72.6 Å². The molecule has 0 spiro atoms. The Kier molecular flexibility index (Phi) is 42.4. The van der Waals surface area contributed by atoms with Gasteiger partial charge in [0.1, 0.15) is 0 Å². The third-order valence-electron chi connectivity index (χ3n) is 2.14. The summed E-state index contributed by atoms with van der Waals surface area (Å²) in [5, 5.41) is 94.9. The van der Waals surface area contributed by atoms with Gasteiger partial charge in [-0.2, -0.15) is 21.0 Å². The third kappa shape index (κ3) is 28.5. The van der Waals surface area contributed by atoms with Crippen molar-refractivity contribution in [2.75, 3.05) is 26.4 Å². The van der Waals surface area contributed by atoms with Crippen LogP contribution in [0.2, 0.25) is 0 Å². The first-order valence-corrected chi connectivity index (χ1v) is 7.45. The largest absolute Gasteiger partial charge is 0.393 e. The quantitative estimate of drug-likeness (QED) is 0.0525. The van der Waals surface area contributed by atoms with Crippen LogP contribution in [0.3, 0.4) is 0 Å². The van der Waals surface area contributed by atoms with Crippen LogP contribution in [0.25, 0.3) is 0 Å². The first kappa shape index (κ1) is 45.9. The summed E-state index contributed by atoms with van der Waals surface area (Å²) in [5.74, 6) is -5.03. The van der Waals surface area contributed by atoms with E-state index >= 15 is 0 Å². The summed E-state index contributed by atoms with van der Waals surface area (Å²) < 4.78 is 0. The van der Waals surface area contributed by atoms with E-state index in [1.807, 2.05) is 0 Å². The Balaban J connectivity index is -0.0000000754. The van der Waals surface area contributed by atoms with E-state index in [2.05, 4.69) is 19.6 Å². The number of rotatable bonds is 8. The van der Waals surface area contributed by atoms with Crippen LogP contribution in [-0.4, -0.2) is 137 Å². The van der Waals surface area contributed by atoms with Crippen molar-refractivity contribution in [3.63, 3.8) is 0 Å². The summed E-state index contributed by atoms with van der Waals surface area (Å²) in [6.45, 7) is -3.00. The molecule has 4 atom stereocenters. The van der Waals surface area contributed by atoms with Crippen molar-refractivity contribution in [2.45, 2.75) is 24.4 Å². The molecule has 0 amide bonds. The molecule has 0 aromatic carbocycles. The summed E-state index contributed by atoms with van der Waals surface area (Å²) in [7, 11) is 0. The molecule has 0 saturated carbocycles. The molecule has 0 rings (SSSR count). The van der Waals surface area contributed by atoms with E-state index in [4.69, 9.17) is 61.9 Å². The summed E-state index contributed by atoms with van der Waals surface area (Å²) in [5.41, 5.74) is 0. The van der Waals surface area contributed by atoms with Crippen LogP contribution < -0.4 is 0 Å². The molecule has 2 radical (unpaired) electrons. The second kappa shape index (κ2) is 31.4. The molecule has 4 unspecified atom stereocenters. The topological polar surface area (TPSA) is 348 Å². The maximum atomic E-state index is 9.86. The van der Waals surface area contributed by atoms with Crippen molar-refractivity contribution in [1.82, 2.24) is 0 Å². The number of aliphatic hydroxyl groups excluding tert-OH is 8. The molecule has 20 nitrogen and oxygen atoms in total. The molecule has 0 bridgehead atoms. The second-order valence-corrected chi connectivity index (χ2v) is 4.43. The number of hydrogen-bond donors (Lipinski definition) is 12. The molecule has 0 aliphatic carbocycles. The van der Waals surface area contributed by atoms with Gasteiger partial charge in [-0.3, -0.25) is 19.6 Å². The van der Waals surface area contributed by atoms with E-state index in [-0.39, 0.29) is 33.8 Å². The van der Waals surface area contributed by atoms with Gasteiger partial charge < -0.3 is 40.9 Å². The molecule has 0 aliphatic rings. The van der Waals surface area contributed by atoms with E-state index in [1.165, 1.54) is 0 Å². The summed E-state index contributed by atoms with van der Waals surface area (Å²) in [6.07, 6.45) is -6.56. The van der Waals surface area contributed by atoms with Crippen molar-refractivity contribution in [3.8, 4) is 0 Å². The van der Waals surface area contributed by atoms with Crippen LogP contribution in [0, 0.1) is 0 Å². The molecule has 0 aromatic heterocycles. The average Bonchev–Trinajstić information content (AvgIpc) is 2.85. The fourth-order valence-corrected chi connectivity index (χ4v) is 0.541. The van der Waals surface area contributed by atoms with E-state index < -0.39 is 74.7 Å². The van der Waals surface area contributed by atoms with Gasteiger partial charge in [0.05, 0.1) is 26.4 Å². The number of carbonyl (C=O) groups excluding carboxylic acids is 4. The van der Waals surface area contributed by atoms with Crippen LogP contribution >= 0.6 is 0 Å². The van der Waals surface area contributed by atoms with Gasteiger partial charge >= 0.3 is 23.9 Å². The van der Waals surface area contributed by atoms with Gasteiger partial charge in [-0.1, -0.05) is 0 Å². The number of aliphatic hydroxyl groups is 8. The summed E-state index contributed by atoms with van der Waals surface area (Å²) >= 11 is 0. The van der Waals surface area contributed by atoms with Crippen molar-refractivity contribution >= 4 is 23.9 Å². The van der Waals surface area contributed by atoms with Gasteiger partial charge in [0, 0.05) is 33.8 Å². The SMILES string of the molecule is O=C(OO)C(O)CO.O=C(OO)C(O)CO.O=C(OO)C(O)CO.O=C(OO)C(O)CO.[Co].[Cu]. The van der Waals surface area contributed by atoms with Crippen molar-refractivity contribution in [1.29, 1.82) is 0 Å². The zero-order chi connectivity index (χ0) is 26.3. The molecule has 22 heteroatoms. The summed E-state index contributed by atoms with van der Waals surface area (Å²) in [6, 6.07) is 0. The van der Waals surface area contributed by atoms with Gasteiger partial charge in [0.15, 0.2) is 24.4 Å². The first-order valence-electron chi connectivity index (χ1n) is 7.45. The zero-order valence-corrected chi connectivity index (χ0v) is 18.4. The van der Waals surface area contributed by atoms with Crippen molar-refractivity contribution in [2.24, 2.45) is 0 Å². The molecule has 0 aromatic rings. The minimum atomic E-state index is -1.64. The summed E-state index contributed by atoms with van der Waals surface area (Å²) in [4.78, 5) is 51.7. The standard InChI is InChI=1S/4C3H6O5.Co.Cu/c4*4-1-2(5)3(6)8-7;;/h4*2,4-5,7H,1H2;;. The van der Waals surface area contributed by atoms with E-state index in [9.17, 15) is 19.2 Å². The minimum Gasteiger partial charge on any atom is -0.393 e. The van der Waals surface area contributed by atoms with Crippen molar-refractivity contribution < 1.29 is 134 Å². The van der Waals surface area contributed by atoms with Gasteiger partial charge in [-0.25, -0.2) is 19.2 Å². The Morgan fingerprint density at radius 1 is 0.471 bits per heavy atom. The normalized spacial score (nSPS) is 12.1. The Morgan fingerprint density at radius 2 is 0.588 bits per heavy atom. The van der Waals surface area contributed by atoms with Crippen LogP contribution in [0.4, 0.5) is 0 Å². The minimum absolute atomic E-state index is 0. The Bertz CT molecular complexity index is 420. The molecule has 34 heavy (non-hydrogen) atoms. The molecular weight excluding hydrogens is 587 g/mol. The Hall–Kier alpha value is -1.57. The van der Waals surface area contributed by atoms with E-state index in [0.29, 0.717) is 0 Å². The molecule has 212 valence electrons. The maximum Gasteiger partial charge on any atom is 0.372 e. The number of hydrogen-bond acceptors (Lipinski definition) is 20. The van der Waals surface area contributed by atoms with Gasteiger partial charge in [0.2, 0.25) is 0 Å². The molecule has 0 aliphatic heterocycles. The van der Waals surface area contributed by atoms with E-state index in [1.54, 1.807) is 0 Å². The molecular formula is C12H24CoCuO20. The van der Waals surface area contributed by atoms with Crippen LogP contribution in [0.1, 0.15) is 0 Å². The number of carbonyl (C=O) groups is 4. The smallest absolute Gasteiger partial charge is 0.372 e.